The normalized spacial score (nSPS) is 15.5. The molecule has 4 N–H and O–H groups in total. The predicted molar refractivity (Wildman–Crippen MR) is 69.0 cm³/mol. The zero-order chi connectivity index (χ0) is 12.1. The molecule has 0 heterocycles. The lowest BCUT2D eigenvalue weighted by molar-refractivity contribution is 0.340. The molecule has 1 saturated carbocycles. The predicted octanol–water partition coefficient (Wildman–Crippen LogP) is 1.48. The lowest BCUT2D eigenvalue weighted by atomic mass is 10.3. The summed E-state index contributed by atoms with van der Waals surface area (Å²) in [7, 11) is 0. The van der Waals surface area contributed by atoms with Gasteiger partial charge in [-0.05, 0) is 44.0 Å². The van der Waals surface area contributed by atoms with Crippen molar-refractivity contribution in [3.8, 4) is 5.75 Å². The summed E-state index contributed by atoms with van der Waals surface area (Å²) in [5.74, 6) is 6.87. The molecule has 0 saturated heterocycles. The first-order valence-electron chi connectivity index (χ1n) is 5.86. The summed E-state index contributed by atoms with van der Waals surface area (Å²) in [6.45, 7) is 2.64. The van der Waals surface area contributed by atoms with E-state index in [0.717, 1.165) is 24.3 Å². The van der Waals surface area contributed by atoms with Gasteiger partial charge in [0.05, 0.1) is 12.6 Å². The van der Waals surface area contributed by atoms with E-state index < -0.39 is 0 Å². The first-order chi connectivity index (χ1) is 8.31. The molecule has 0 aliphatic heterocycles. The molecule has 92 valence electrons. The van der Waals surface area contributed by atoms with E-state index in [-0.39, 0.29) is 0 Å². The number of rotatable bonds is 4. The Morgan fingerprint density at radius 1 is 1.41 bits per heavy atom. The van der Waals surface area contributed by atoms with Crippen LogP contribution >= 0.6 is 0 Å². The van der Waals surface area contributed by atoms with Gasteiger partial charge in [-0.15, -0.1) is 0 Å². The van der Waals surface area contributed by atoms with Gasteiger partial charge in [-0.2, -0.15) is 0 Å². The van der Waals surface area contributed by atoms with Crippen LogP contribution in [0.3, 0.4) is 0 Å². The Balaban J connectivity index is 1.96. The molecule has 1 aromatic carbocycles. The molecule has 0 spiro atoms. The number of aliphatic imine (C=N–C) groups is 1. The average Bonchev–Trinajstić information content (AvgIpc) is 3.15. The van der Waals surface area contributed by atoms with Gasteiger partial charge >= 0.3 is 0 Å². The van der Waals surface area contributed by atoms with Crippen molar-refractivity contribution < 1.29 is 4.74 Å². The molecule has 2 rings (SSSR count). The van der Waals surface area contributed by atoms with Crippen molar-refractivity contribution in [3.63, 3.8) is 0 Å². The molecule has 0 atom stereocenters. The maximum atomic E-state index is 5.41. The van der Waals surface area contributed by atoms with Crippen molar-refractivity contribution in [1.82, 2.24) is 5.43 Å². The summed E-state index contributed by atoms with van der Waals surface area (Å²) in [6, 6.07) is 8.13. The second kappa shape index (κ2) is 5.54. The first kappa shape index (κ1) is 11.7. The Morgan fingerprint density at radius 2 is 2.12 bits per heavy atom. The molecule has 0 unspecified atom stereocenters. The van der Waals surface area contributed by atoms with Crippen LogP contribution in [0.5, 0.6) is 5.75 Å². The van der Waals surface area contributed by atoms with Crippen molar-refractivity contribution >= 4 is 11.6 Å². The van der Waals surface area contributed by atoms with Crippen molar-refractivity contribution in [3.05, 3.63) is 24.3 Å². The lowest BCUT2D eigenvalue weighted by Crippen LogP contribution is -2.36. The van der Waals surface area contributed by atoms with Gasteiger partial charge in [0.2, 0.25) is 5.96 Å². The second-order valence-corrected chi connectivity index (χ2v) is 3.94. The third-order valence-electron chi connectivity index (χ3n) is 2.42. The van der Waals surface area contributed by atoms with Crippen molar-refractivity contribution in [2.24, 2.45) is 10.8 Å². The molecule has 0 aromatic heterocycles. The van der Waals surface area contributed by atoms with Gasteiger partial charge in [-0.25, -0.2) is 10.8 Å². The third kappa shape index (κ3) is 3.64. The number of nitrogens with two attached hydrogens (primary N) is 1. The number of benzene rings is 1. The summed E-state index contributed by atoms with van der Waals surface area (Å²) in [4.78, 5) is 4.40. The van der Waals surface area contributed by atoms with Gasteiger partial charge in [-0.3, -0.25) is 5.43 Å². The van der Waals surface area contributed by atoms with Gasteiger partial charge in [0.25, 0.3) is 0 Å². The van der Waals surface area contributed by atoms with E-state index in [4.69, 9.17) is 10.6 Å². The zero-order valence-corrected chi connectivity index (χ0v) is 9.94. The Bertz CT molecular complexity index is 384. The smallest absolute Gasteiger partial charge is 0.210 e. The van der Waals surface area contributed by atoms with E-state index in [9.17, 15) is 0 Å². The minimum atomic E-state index is 0.427. The number of hydrogen-bond donors (Lipinski definition) is 3. The summed E-state index contributed by atoms with van der Waals surface area (Å²) < 4.78 is 5.37. The highest BCUT2D eigenvalue weighted by molar-refractivity contribution is 5.93. The zero-order valence-electron chi connectivity index (χ0n) is 9.94. The molecule has 0 bridgehead atoms. The minimum absolute atomic E-state index is 0.427. The Labute approximate surface area is 101 Å². The molecule has 17 heavy (non-hydrogen) atoms. The lowest BCUT2D eigenvalue weighted by Gasteiger charge is -2.09. The fraction of sp³-hybridized carbons (Fsp3) is 0.417. The van der Waals surface area contributed by atoms with E-state index in [0.29, 0.717) is 18.6 Å². The van der Waals surface area contributed by atoms with Gasteiger partial charge in [-0.1, -0.05) is 0 Å². The van der Waals surface area contributed by atoms with Crippen LogP contribution in [0.4, 0.5) is 5.69 Å². The molecule has 5 heteroatoms. The van der Waals surface area contributed by atoms with Gasteiger partial charge < -0.3 is 10.1 Å². The van der Waals surface area contributed by atoms with Crippen LogP contribution in [0.25, 0.3) is 0 Å². The topological polar surface area (TPSA) is 71.7 Å². The van der Waals surface area contributed by atoms with Crippen LogP contribution in [0.15, 0.2) is 29.3 Å². The molecular formula is C12H18N4O. The van der Waals surface area contributed by atoms with Crippen LogP contribution in [-0.4, -0.2) is 18.6 Å². The number of guanidine groups is 1. The van der Waals surface area contributed by atoms with Crippen molar-refractivity contribution in [2.45, 2.75) is 25.8 Å². The highest BCUT2D eigenvalue weighted by Gasteiger charge is 2.20. The summed E-state index contributed by atoms with van der Waals surface area (Å²) in [6.07, 6.45) is 2.30. The summed E-state index contributed by atoms with van der Waals surface area (Å²) in [5.41, 5.74) is 3.51. The Kier molecular flexibility index (Phi) is 3.82. The molecule has 1 aromatic rings. The number of ether oxygens (including phenoxy) is 1. The molecule has 0 amide bonds. The van der Waals surface area contributed by atoms with Gasteiger partial charge in [0.1, 0.15) is 5.75 Å². The highest BCUT2D eigenvalue weighted by Crippen LogP contribution is 2.23. The van der Waals surface area contributed by atoms with E-state index in [1.807, 2.05) is 31.2 Å². The quantitative estimate of drug-likeness (QED) is 0.319. The first-order valence-corrected chi connectivity index (χ1v) is 5.86. The monoisotopic (exact) mass is 234 g/mol. The fourth-order valence-electron chi connectivity index (χ4n) is 1.43. The minimum Gasteiger partial charge on any atom is -0.494 e. The van der Waals surface area contributed by atoms with E-state index in [1.165, 1.54) is 0 Å². The molecule has 0 radical (unpaired) electrons. The molecule has 5 nitrogen and oxygen atoms in total. The number of nitrogens with one attached hydrogen (secondary N) is 2. The third-order valence-corrected chi connectivity index (χ3v) is 2.42. The SMILES string of the molecule is CCOc1ccc(NC(=NC2CC2)NN)cc1. The van der Waals surface area contributed by atoms with Crippen LogP contribution in [0, 0.1) is 0 Å². The molecule has 1 fully saturated rings. The van der Waals surface area contributed by atoms with Crippen LogP contribution in [0.2, 0.25) is 0 Å². The number of hydrazine groups is 1. The van der Waals surface area contributed by atoms with Crippen LogP contribution < -0.4 is 21.3 Å². The summed E-state index contributed by atoms with van der Waals surface area (Å²) >= 11 is 0. The molecular weight excluding hydrogens is 216 g/mol. The average molecular weight is 234 g/mol. The van der Waals surface area contributed by atoms with Crippen LogP contribution in [-0.2, 0) is 0 Å². The maximum Gasteiger partial charge on any atom is 0.210 e. The largest absolute Gasteiger partial charge is 0.494 e. The Hall–Kier alpha value is -1.75. The highest BCUT2D eigenvalue weighted by atomic mass is 16.5. The molecule has 1 aliphatic rings. The fourth-order valence-corrected chi connectivity index (χ4v) is 1.43. The van der Waals surface area contributed by atoms with E-state index in [1.54, 1.807) is 0 Å². The second-order valence-electron chi connectivity index (χ2n) is 3.94. The van der Waals surface area contributed by atoms with Crippen molar-refractivity contribution in [1.29, 1.82) is 0 Å². The maximum absolute atomic E-state index is 5.41. The van der Waals surface area contributed by atoms with Crippen molar-refractivity contribution in [2.75, 3.05) is 11.9 Å². The Morgan fingerprint density at radius 3 is 2.65 bits per heavy atom. The van der Waals surface area contributed by atoms with Gasteiger partial charge in [0, 0.05) is 5.69 Å². The molecule has 1 aliphatic carbocycles. The summed E-state index contributed by atoms with van der Waals surface area (Å²) in [5, 5.41) is 3.13. The number of hydrogen-bond acceptors (Lipinski definition) is 3. The van der Waals surface area contributed by atoms with Gasteiger partial charge in [0.15, 0.2) is 0 Å². The van der Waals surface area contributed by atoms with E-state index >= 15 is 0 Å². The standard InChI is InChI=1S/C12H18N4O/c1-2-17-11-7-5-10(6-8-11)15-12(16-13)14-9-3-4-9/h5-9H,2-4,13H2,1H3,(H2,14,15,16). The number of nitrogens with zero attached hydrogens (tertiary/aromatic N) is 1. The van der Waals surface area contributed by atoms with E-state index in [2.05, 4.69) is 15.7 Å². The number of anilines is 1. The van der Waals surface area contributed by atoms with Crippen LogP contribution in [0.1, 0.15) is 19.8 Å².